The predicted octanol–water partition coefficient (Wildman–Crippen LogP) is 3.72. The van der Waals surface area contributed by atoms with Gasteiger partial charge in [-0.25, -0.2) is 9.49 Å². The predicted molar refractivity (Wildman–Crippen MR) is 216 cm³/mol. The number of aryl methyl sites for hydroxylation is 1. The highest BCUT2D eigenvalue weighted by molar-refractivity contribution is 6.29. The van der Waals surface area contributed by atoms with Gasteiger partial charge in [-0.15, -0.1) is 11.6 Å². The van der Waals surface area contributed by atoms with E-state index in [0.717, 1.165) is 36.9 Å². The number of ether oxygens (including phenoxy) is 1. The molecule has 3 heterocycles. The number of fused-ring (bicyclic) bond motifs is 2. The van der Waals surface area contributed by atoms with E-state index in [9.17, 15) is 33.2 Å². The first-order valence-electron chi connectivity index (χ1n) is 19.6. The minimum atomic E-state index is -0.648. The number of carbonyl (C=O) groups is 5. The topological polar surface area (TPSA) is 174 Å². The Morgan fingerprint density at radius 3 is 2.29 bits per heavy atom. The van der Waals surface area contributed by atoms with Gasteiger partial charge in [0.25, 0.3) is 17.4 Å². The van der Waals surface area contributed by atoms with Crippen molar-refractivity contribution in [1.82, 2.24) is 30.6 Å². The summed E-state index contributed by atoms with van der Waals surface area (Å²) in [6.45, 7) is 2.43. The number of hydrogen-bond acceptors (Lipinski definition) is 8. The zero-order chi connectivity index (χ0) is 41.0. The van der Waals surface area contributed by atoms with Gasteiger partial charge in [-0.1, -0.05) is 24.3 Å². The van der Waals surface area contributed by atoms with Gasteiger partial charge in [-0.3, -0.25) is 28.8 Å². The summed E-state index contributed by atoms with van der Waals surface area (Å²) in [7, 11) is 0. The molecule has 4 aromatic rings. The Kier molecular flexibility index (Phi) is 14.4. The summed E-state index contributed by atoms with van der Waals surface area (Å²) >= 11 is 5.74. The van der Waals surface area contributed by atoms with E-state index >= 15 is 0 Å². The molecule has 0 saturated carbocycles. The van der Waals surface area contributed by atoms with Crippen LogP contribution in [0.15, 0.2) is 65.5 Å². The first-order valence-corrected chi connectivity index (χ1v) is 20.1. The molecule has 14 nitrogen and oxygen atoms in total. The average Bonchev–Trinajstić information content (AvgIpc) is 3.25. The molecule has 0 unspecified atom stereocenters. The Morgan fingerprint density at radius 1 is 0.810 bits per heavy atom. The van der Waals surface area contributed by atoms with Crippen LogP contribution in [-0.2, 0) is 32.0 Å². The highest BCUT2D eigenvalue weighted by Crippen LogP contribution is 2.31. The zero-order valence-electron chi connectivity index (χ0n) is 32.2. The van der Waals surface area contributed by atoms with Crippen molar-refractivity contribution in [2.24, 2.45) is 0 Å². The van der Waals surface area contributed by atoms with Crippen molar-refractivity contribution < 1.29 is 33.1 Å². The summed E-state index contributed by atoms with van der Waals surface area (Å²) < 4.78 is 20.6. The molecule has 0 atom stereocenters. The number of anilines is 1. The first kappa shape index (κ1) is 41.8. The Balaban J connectivity index is 0.830. The summed E-state index contributed by atoms with van der Waals surface area (Å²) in [5, 5.41) is 13.5. The van der Waals surface area contributed by atoms with E-state index in [1.165, 1.54) is 17.0 Å². The van der Waals surface area contributed by atoms with Crippen LogP contribution in [0.4, 0.5) is 10.1 Å². The lowest BCUT2D eigenvalue weighted by Crippen LogP contribution is -2.50. The molecule has 0 bridgehead atoms. The number of H-pyrrole nitrogens is 1. The number of piperazine rings is 1. The second-order valence-electron chi connectivity index (χ2n) is 14.3. The van der Waals surface area contributed by atoms with Gasteiger partial charge in [0.05, 0.1) is 16.6 Å². The Labute approximate surface area is 340 Å². The maximum atomic E-state index is 14.9. The third-order valence-electron chi connectivity index (χ3n) is 10.3. The van der Waals surface area contributed by atoms with E-state index in [2.05, 4.69) is 20.8 Å². The van der Waals surface area contributed by atoms with E-state index < -0.39 is 11.7 Å². The van der Waals surface area contributed by atoms with Crippen LogP contribution in [0, 0.1) is 5.82 Å². The maximum Gasteiger partial charge on any atom is 0.272 e. The fourth-order valence-electron chi connectivity index (χ4n) is 7.22. The molecule has 1 saturated heterocycles. The van der Waals surface area contributed by atoms with Crippen LogP contribution in [0.1, 0.15) is 65.7 Å². The van der Waals surface area contributed by atoms with Crippen molar-refractivity contribution >= 4 is 57.6 Å². The second-order valence-corrected chi connectivity index (χ2v) is 14.6. The summed E-state index contributed by atoms with van der Waals surface area (Å²) in [6.07, 6.45) is 4.22. The van der Waals surface area contributed by atoms with Crippen LogP contribution in [0.2, 0.25) is 0 Å². The molecular weight excluding hydrogens is 769 g/mol. The molecule has 6 rings (SSSR count). The van der Waals surface area contributed by atoms with Crippen LogP contribution >= 0.6 is 11.6 Å². The highest BCUT2D eigenvalue weighted by Gasteiger charge is 2.27. The number of aromatic amines is 1. The Morgan fingerprint density at radius 2 is 1.53 bits per heavy atom. The fraction of sp³-hybridized carbons (Fsp3) is 0.405. The van der Waals surface area contributed by atoms with Gasteiger partial charge < -0.3 is 30.1 Å². The summed E-state index contributed by atoms with van der Waals surface area (Å²) in [4.78, 5) is 80.0. The number of amides is 5. The molecule has 3 N–H and O–H groups in total. The van der Waals surface area contributed by atoms with Gasteiger partial charge in [-0.2, -0.15) is 5.10 Å². The number of nitrogens with one attached hydrogen (secondary N) is 3. The zero-order valence-corrected chi connectivity index (χ0v) is 33.0. The van der Waals surface area contributed by atoms with Crippen LogP contribution in [0.5, 0.6) is 5.75 Å². The van der Waals surface area contributed by atoms with Gasteiger partial charge >= 0.3 is 0 Å². The van der Waals surface area contributed by atoms with E-state index in [-0.39, 0.29) is 92.7 Å². The molecular formula is C42H47ClFN7O7. The summed E-state index contributed by atoms with van der Waals surface area (Å²) in [6, 6.07) is 16.8. The number of benzene rings is 3. The number of nitrogens with zero attached hydrogens (tertiary/aromatic N) is 4. The lowest BCUT2D eigenvalue weighted by molar-refractivity contribution is -0.134. The molecule has 1 fully saturated rings. The molecule has 5 amide bonds. The number of alkyl halides is 1. The van der Waals surface area contributed by atoms with Gasteiger partial charge in [0, 0.05) is 76.1 Å². The Bertz CT molecular complexity index is 2210. The van der Waals surface area contributed by atoms with Crippen LogP contribution in [-0.4, -0.2) is 108 Å². The van der Waals surface area contributed by atoms with Crippen molar-refractivity contribution in [2.75, 3.05) is 63.2 Å². The normalized spacial score (nSPS) is 13.9. The molecule has 0 spiro atoms. The van der Waals surface area contributed by atoms with Gasteiger partial charge in [0.15, 0.2) is 6.61 Å². The molecule has 0 aliphatic carbocycles. The molecule has 16 heteroatoms. The fourth-order valence-corrected chi connectivity index (χ4v) is 7.36. The molecule has 306 valence electrons. The lowest BCUT2D eigenvalue weighted by Gasteiger charge is -2.35. The number of halogens is 2. The monoisotopic (exact) mass is 815 g/mol. The molecule has 0 radical (unpaired) electrons. The van der Waals surface area contributed by atoms with Gasteiger partial charge in [0.1, 0.15) is 17.4 Å². The van der Waals surface area contributed by atoms with Crippen molar-refractivity contribution in [2.45, 2.75) is 51.4 Å². The third kappa shape index (κ3) is 10.8. The van der Waals surface area contributed by atoms with Gasteiger partial charge in [0.2, 0.25) is 17.7 Å². The third-order valence-corrected chi connectivity index (χ3v) is 10.6. The quantitative estimate of drug-likeness (QED) is 0.113. The number of unbranched alkanes of at least 4 members (excludes halogenated alkanes) is 2. The van der Waals surface area contributed by atoms with Gasteiger partial charge in [-0.05, 0) is 79.6 Å². The number of carbonyl (C=O) groups excluding carboxylic acids is 5. The van der Waals surface area contributed by atoms with E-state index in [1.807, 2.05) is 18.2 Å². The Hall–Kier alpha value is -5.83. The van der Waals surface area contributed by atoms with Crippen molar-refractivity contribution in [3.8, 4) is 5.75 Å². The largest absolute Gasteiger partial charge is 0.484 e. The SMILES string of the molecule is O=C(CCC(=O)N1CCN(C(=O)c2cc(Cc3n[nH]c(=O)c4ccccc34)ccc2F)CC1)NCCCCCNC(=O)COc1ccc2c(c1)CCCN2C(=O)CCl. The minimum Gasteiger partial charge on any atom is -0.484 e. The molecule has 2 aliphatic rings. The van der Waals surface area contributed by atoms with Crippen LogP contribution in [0.3, 0.4) is 0 Å². The van der Waals surface area contributed by atoms with Crippen LogP contribution in [0.25, 0.3) is 10.8 Å². The summed E-state index contributed by atoms with van der Waals surface area (Å²) in [5.41, 5.74) is 2.70. The lowest BCUT2D eigenvalue weighted by atomic mass is 10.0. The molecule has 1 aromatic heterocycles. The van der Waals surface area contributed by atoms with E-state index in [4.69, 9.17) is 16.3 Å². The van der Waals surface area contributed by atoms with E-state index in [0.29, 0.717) is 53.8 Å². The number of rotatable bonds is 16. The maximum absolute atomic E-state index is 14.9. The number of hydrogen-bond donors (Lipinski definition) is 3. The van der Waals surface area contributed by atoms with E-state index in [1.54, 1.807) is 40.1 Å². The van der Waals surface area contributed by atoms with Crippen molar-refractivity contribution in [1.29, 1.82) is 0 Å². The second kappa shape index (κ2) is 20.0. The smallest absolute Gasteiger partial charge is 0.272 e. The van der Waals surface area contributed by atoms with Crippen molar-refractivity contribution in [3.05, 3.63) is 99.2 Å². The van der Waals surface area contributed by atoms with Crippen LogP contribution < -0.4 is 25.8 Å². The molecule has 2 aliphatic heterocycles. The average molecular weight is 816 g/mol. The van der Waals surface area contributed by atoms with Crippen molar-refractivity contribution in [3.63, 3.8) is 0 Å². The first-order chi connectivity index (χ1) is 28.1. The highest BCUT2D eigenvalue weighted by atomic mass is 35.5. The summed E-state index contributed by atoms with van der Waals surface area (Å²) in [5.74, 6) is -1.43. The minimum absolute atomic E-state index is 0.0373. The standard InChI is InChI=1S/C42H47ClFN7O7/c43-26-40(55)51-18-6-7-29-25-30(11-13-36(29)51)58-27-38(53)46-17-5-1-4-16-45-37(52)14-15-39(54)49-19-21-50(22-20-49)42(57)33-23-28(10-12-34(33)44)24-35-31-8-2-3-9-32(31)41(56)48-47-35/h2-3,8-13,23,25H,1,4-7,14-22,24,26-27H2,(H,45,52)(H,46,53)(H,48,56). The number of aromatic nitrogens is 2. The molecule has 58 heavy (non-hydrogen) atoms. The molecule has 3 aromatic carbocycles.